The molecule has 4 rings (SSSR count). The summed E-state index contributed by atoms with van der Waals surface area (Å²) in [6.07, 6.45) is 0.759. The molecule has 3 aromatic rings. The van der Waals surface area contributed by atoms with E-state index in [-0.39, 0.29) is 0 Å². The molecule has 0 atom stereocenters. The van der Waals surface area contributed by atoms with E-state index in [9.17, 15) is 0 Å². The van der Waals surface area contributed by atoms with Crippen LogP contribution in [0.1, 0.15) is 11.3 Å². The second-order valence-electron chi connectivity index (χ2n) is 4.81. The van der Waals surface area contributed by atoms with Crippen molar-refractivity contribution in [3.8, 4) is 11.6 Å². The Kier molecular flexibility index (Phi) is 2.47. The monoisotopic (exact) mass is 267 g/mol. The quantitative estimate of drug-likeness (QED) is 0.733. The van der Waals surface area contributed by atoms with Gasteiger partial charge in [0.25, 0.3) is 0 Å². The second-order valence-corrected chi connectivity index (χ2v) is 4.81. The minimum absolute atomic E-state index is 0.477. The van der Waals surface area contributed by atoms with Crippen LogP contribution < -0.4 is 5.73 Å². The van der Waals surface area contributed by atoms with Crippen molar-refractivity contribution in [3.63, 3.8) is 0 Å². The van der Waals surface area contributed by atoms with Gasteiger partial charge < -0.3 is 14.9 Å². The number of para-hydroxylation sites is 1. The van der Waals surface area contributed by atoms with Crippen molar-refractivity contribution in [2.24, 2.45) is 0 Å². The van der Waals surface area contributed by atoms with E-state index >= 15 is 0 Å². The molecule has 0 spiro atoms. The molecule has 0 saturated carbocycles. The van der Waals surface area contributed by atoms with Crippen LogP contribution >= 0.6 is 0 Å². The fraction of sp³-hybridized carbons (Fsp3) is 0.200. The number of furan rings is 1. The Morgan fingerprint density at radius 1 is 1.15 bits per heavy atom. The van der Waals surface area contributed by atoms with Crippen molar-refractivity contribution in [1.29, 1.82) is 0 Å². The first-order valence-corrected chi connectivity index (χ1v) is 6.53. The zero-order chi connectivity index (χ0) is 13.5. The highest BCUT2D eigenvalue weighted by Gasteiger charge is 2.18. The summed E-state index contributed by atoms with van der Waals surface area (Å²) in [6.45, 7) is 1.16. The summed E-state index contributed by atoms with van der Waals surface area (Å²) in [5.74, 6) is 1.66. The standard InChI is InChI=1S/C15H13N3O2/c16-14-10-8-19-6-5-11(10)17-15(18-14)13-7-9-3-1-2-4-12(9)20-13/h1-4,7H,5-6,8H2,(H2,16,17,18). The number of hydrogen-bond donors (Lipinski definition) is 1. The summed E-state index contributed by atoms with van der Waals surface area (Å²) >= 11 is 0. The maximum absolute atomic E-state index is 6.00. The van der Waals surface area contributed by atoms with E-state index in [1.165, 1.54) is 0 Å². The molecule has 5 nitrogen and oxygen atoms in total. The van der Waals surface area contributed by atoms with Gasteiger partial charge in [-0.25, -0.2) is 9.97 Å². The third-order valence-corrected chi connectivity index (χ3v) is 3.50. The zero-order valence-corrected chi connectivity index (χ0v) is 10.8. The number of fused-ring (bicyclic) bond motifs is 2. The Morgan fingerprint density at radius 2 is 2.05 bits per heavy atom. The molecule has 1 aromatic carbocycles. The molecular formula is C15H13N3O2. The lowest BCUT2D eigenvalue weighted by atomic mass is 10.1. The van der Waals surface area contributed by atoms with Crippen molar-refractivity contribution in [1.82, 2.24) is 9.97 Å². The number of nitrogen functional groups attached to an aromatic ring is 1. The number of rotatable bonds is 1. The third kappa shape index (κ3) is 1.75. The minimum Gasteiger partial charge on any atom is -0.453 e. The lowest BCUT2D eigenvalue weighted by molar-refractivity contribution is 0.109. The van der Waals surface area contributed by atoms with Crippen LogP contribution in [-0.2, 0) is 17.8 Å². The Hall–Kier alpha value is -2.40. The van der Waals surface area contributed by atoms with Gasteiger partial charge in [0.2, 0.25) is 0 Å². The summed E-state index contributed by atoms with van der Waals surface area (Å²) in [6, 6.07) is 9.78. The van der Waals surface area contributed by atoms with Gasteiger partial charge in [-0.3, -0.25) is 0 Å². The molecule has 0 saturated heterocycles. The van der Waals surface area contributed by atoms with Gasteiger partial charge in [0.1, 0.15) is 11.4 Å². The van der Waals surface area contributed by atoms with Crippen LogP contribution in [0, 0.1) is 0 Å². The van der Waals surface area contributed by atoms with E-state index in [2.05, 4.69) is 9.97 Å². The molecule has 0 amide bonds. The van der Waals surface area contributed by atoms with Crippen LogP contribution in [0.4, 0.5) is 5.82 Å². The SMILES string of the molecule is Nc1nc(-c2cc3ccccc3o2)nc2c1COCC2. The van der Waals surface area contributed by atoms with Crippen LogP contribution in [0.15, 0.2) is 34.7 Å². The zero-order valence-electron chi connectivity index (χ0n) is 10.8. The van der Waals surface area contributed by atoms with Gasteiger partial charge >= 0.3 is 0 Å². The molecule has 100 valence electrons. The van der Waals surface area contributed by atoms with Gasteiger partial charge in [-0.1, -0.05) is 18.2 Å². The summed E-state index contributed by atoms with van der Waals surface area (Å²) in [4.78, 5) is 8.92. The highest BCUT2D eigenvalue weighted by molar-refractivity contribution is 5.81. The van der Waals surface area contributed by atoms with E-state index in [0.717, 1.165) is 28.6 Å². The van der Waals surface area contributed by atoms with Gasteiger partial charge in [-0.05, 0) is 12.1 Å². The summed E-state index contributed by atoms with van der Waals surface area (Å²) in [5.41, 5.74) is 8.68. The summed E-state index contributed by atoms with van der Waals surface area (Å²) in [7, 11) is 0. The van der Waals surface area contributed by atoms with Gasteiger partial charge in [-0.2, -0.15) is 0 Å². The molecular weight excluding hydrogens is 254 g/mol. The molecule has 0 bridgehead atoms. The van der Waals surface area contributed by atoms with Crippen molar-refractivity contribution in [3.05, 3.63) is 41.6 Å². The van der Waals surface area contributed by atoms with E-state index in [4.69, 9.17) is 14.9 Å². The highest BCUT2D eigenvalue weighted by atomic mass is 16.5. The van der Waals surface area contributed by atoms with E-state index in [0.29, 0.717) is 30.6 Å². The number of ether oxygens (including phenoxy) is 1. The average molecular weight is 267 g/mol. The maximum Gasteiger partial charge on any atom is 0.197 e. The van der Waals surface area contributed by atoms with E-state index < -0.39 is 0 Å². The van der Waals surface area contributed by atoms with E-state index in [1.807, 2.05) is 30.3 Å². The van der Waals surface area contributed by atoms with Gasteiger partial charge in [0.15, 0.2) is 11.6 Å². The number of aromatic nitrogens is 2. The molecule has 2 aromatic heterocycles. The van der Waals surface area contributed by atoms with Crippen molar-refractivity contribution >= 4 is 16.8 Å². The third-order valence-electron chi connectivity index (χ3n) is 3.50. The molecule has 1 aliphatic rings. The van der Waals surface area contributed by atoms with Crippen LogP contribution in [0.3, 0.4) is 0 Å². The largest absolute Gasteiger partial charge is 0.453 e. The minimum atomic E-state index is 0.477. The lowest BCUT2D eigenvalue weighted by Gasteiger charge is -2.17. The molecule has 0 fully saturated rings. The Morgan fingerprint density at radius 3 is 2.95 bits per heavy atom. The molecule has 3 heterocycles. The summed E-state index contributed by atoms with van der Waals surface area (Å²) < 4.78 is 11.2. The molecule has 0 radical (unpaired) electrons. The molecule has 0 aliphatic carbocycles. The Bertz CT molecular complexity index is 762. The van der Waals surface area contributed by atoms with Gasteiger partial charge in [-0.15, -0.1) is 0 Å². The van der Waals surface area contributed by atoms with Gasteiger partial charge in [0.05, 0.1) is 18.9 Å². The summed E-state index contributed by atoms with van der Waals surface area (Å²) in [5, 5.41) is 1.03. The van der Waals surface area contributed by atoms with Gasteiger partial charge in [0, 0.05) is 17.4 Å². The Balaban J connectivity index is 1.87. The fourth-order valence-corrected chi connectivity index (χ4v) is 2.46. The first kappa shape index (κ1) is 11.4. The van der Waals surface area contributed by atoms with Crippen molar-refractivity contribution in [2.45, 2.75) is 13.0 Å². The molecule has 0 unspecified atom stereocenters. The van der Waals surface area contributed by atoms with Crippen LogP contribution in [0.25, 0.3) is 22.6 Å². The second kappa shape index (κ2) is 4.31. The normalized spacial score (nSPS) is 14.4. The number of anilines is 1. The first-order chi connectivity index (χ1) is 9.81. The molecule has 20 heavy (non-hydrogen) atoms. The molecule has 5 heteroatoms. The van der Waals surface area contributed by atoms with Crippen molar-refractivity contribution < 1.29 is 9.15 Å². The van der Waals surface area contributed by atoms with Crippen molar-refractivity contribution in [2.75, 3.05) is 12.3 Å². The topological polar surface area (TPSA) is 74.2 Å². The number of benzene rings is 1. The van der Waals surface area contributed by atoms with Crippen LogP contribution in [0.2, 0.25) is 0 Å². The predicted molar refractivity (Wildman–Crippen MR) is 75.0 cm³/mol. The number of nitrogens with two attached hydrogens (primary N) is 1. The smallest absolute Gasteiger partial charge is 0.197 e. The lowest BCUT2D eigenvalue weighted by Crippen LogP contribution is -2.16. The fourth-order valence-electron chi connectivity index (χ4n) is 2.46. The Labute approximate surface area is 115 Å². The van der Waals surface area contributed by atoms with Crippen LogP contribution in [0.5, 0.6) is 0 Å². The highest BCUT2D eigenvalue weighted by Crippen LogP contribution is 2.28. The molecule has 1 aliphatic heterocycles. The predicted octanol–water partition coefficient (Wildman–Crippen LogP) is 2.54. The van der Waals surface area contributed by atoms with Crippen LogP contribution in [-0.4, -0.2) is 16.6 Å². The number of nitrogens with zero attached hydrogens (tertiary/aromatic N) is 2. The van der Waals surface area contributed by atoms with E-state index in [1.54, 1.807) is 0 Å². The maximum atomic E-state index is 6.00. The number of hydrogen-bond acceptors (Lipinski definition) is 5. The average Bonchev–Trinajstić information content (AvgIpc) is 2.91. The molecule has 2 N–H and O–H groups in total. The first-order valence-electron chi connectivity index (χ1n) is 6.53.